The van der Waals surface area contributed by atoms with E-state index in [-0.39, 0.29) is 22.7 Å². The first-order valence-electron chi connectivity index (χ1n) is 4.49. The SMILES string of the molecule is OCc1sc(Oc2ccc(F)cc2F)nc1Cl. The first kappa shape index (κ1) is 12.2. The summed E-state index contributed by atoms with van der Waals surface area (Å²) in [5.41, 5.74) is 0. The number of aliphatic hydroxyl groups excluding tert-OH is 1. The molecule has 0 aliphatic rings. The van der Waals surface area contributed by atoms with Gasteiger partial charge in [-0.3, -0.25) is 0 Å². The molecule has 1 heterocycles. The van der Waals surface area contributed by atoms with Crippen molar-refractivity contribution in [1.82, 2.24) is 4.98 Å². The summed E-state index contributed by atoms with van der Waals surface area (Å²) < 4.78 is 31.0. The summed E-state index contributed by atoms with van der Waals surface area (Å²) in [5.74, 6) is -1.67. The molecule has 2 aromatic rings. The number of ether oxygens (including phenoxy) is 1. The Hall–Kier alpha value is -1.24. The van der Waals surface area contributed by atoms with Gasteiger partial charge in [0.15, 0.2) is 11.6 Å². The summed E-state index contributed by atoms with van der Waals surface area (Å²) in [5, 5.41) is 9.09. The number of halogens is 3. The highest BCUT2D eigenvalue weighted by molar-refractivity contribution is 7.13. The highest BCUT2D eigenvalue weighted by atomic mass is 35.5. The number of hydrogen-bond acceptors (Lipinski definition) is 4. The summed E-state index contributed by atoms with van der Waals surface area (Å²) in [6, 6.07) is 2.93. The number of nitrogens with zero attached hydrogens (tertiary/aromatic N) is 1. The second kappa shape index (κ2) is 4.95. The van der Waals surface area contributed by atoms with Crippen molar-refractivity contribution in [3.63, 3.8) is 0 Å². The van der Waals surface area contributed by atoms with E-state index in [1.807, 2.05) is 0 Å². The second-order valence-corrected chi connectivity index (χ2v) is 4.43. The van der Waals surface area contributed by atoms with Gasteiger partial charge in [-0.2, -0.15) is 4.98 Å². The first-order valence-corrected chi connectivity index (χ1v) is 5.68. The van der Waals surface area contributed by atoms with Gasteiger partial charge in [0, 0.05) is 6.07 Å². The number of benzene rings is 1. The van der Waals surface area contributed by atoms with Crippen molar-refractivity contribution >= 4 is 22.9 Å². The van der Waals surface area contributed by atoms with E-state index in [9.17, 15) is 8.78 Å². The van der Waals surface area contributed by atoms with Crippen LogP contribution in [-0.4, -0.2) is 10.1 Å². The van der Waals surface area contributed by atoms with E-state index in [1.54, 1.807) is 0 Å². The fourth-order valence-electron chi connectivity index (χ4n) is 1.11. The van der Waals surface area contributed by atoms with Gasteiger partial charge in [-0.05, 0) is 12.1 Å². The van der Waals surface area contributed by atoms with Gasteiger partial charge >= 0.3 is 0 Å². The highest BCUT2D eigenvalue weighted by Crippen LogP contribution is 2.32. The minimum absolute atomic E-state index is 0.0876. The van der Waals surface area contributed by atoms with Crippen molar-refractivity contribution in [2.75, 3.05) is 0 Å². The third-order valence-corrected chi connectivity index (χ3v) is 3.21. The van der Waals surface area contributed by atoms with E-state index >= 15 is 0 Å². The van der Waals surface area contributed by atoms with Gasteiger partial charge in [-0.1, -0.05) is 22.9 Å². The lowest BCUT2D eigenvalue weighted by atomic mass is 10.3. The third-order valence-electron chi connectivity index (χ3n) is 1.86. The minimum atomic E-state index is -0.832. The molecule has 0 aliphatic heterocycles. The van der Waals surface area contributed by atoms with Gasteiger partial charge in [0.1, 0.15) is 11.0 Å². The Morgan fingerprint density at radius 2 is 2.18 bits per heavy atom. The quantitative estimate of drug-likeness (QED) is 0.935. The molecule has 1 aromatic carbocycles. The topological polar surface area (TPSA) is 42.4 Å². The van der Waals surface area contributed by atoms with E-state index in [0.29, 0.717) is 10.9 Å². The molecule has 0 bridgehead atoms. The van der Waals surface area contributed by atoms with Crippen LogP contribution >= 0.6 is 22.9 Å². The highest BCUT2D eigenvalue weighted by Gasteiger charge is 2.12. The Morgan fingerprint density at radius 3 is 2.76 bits per heavy atom. The molecule has 0 fully saturated rings. The number of aliphatic hydroxyl groups is 1. The Bertz CT molecular complexity index is 547. The van der Waals surface area contributed by atoms with Crippen molar-refractivity contribution in [3.05, 3.63) is 39.9 Å². The van der Waals surface area contributed by atoms with Crippen LogP contribution in [0, 0.1) is 11.6 Å². The number of rotatable bonds is 3. The van der Waals surface area contributed by atoms with Crippen LogP contribution in [0.1, 0.15) is 4.88 Å². The lowest BCUT2D eigenvalue weighted by Gasteiger charge is -2.02. The summed E-state index contributed by atoms with van der Waals surface area (Å²) in [6.45, 7) is -0.272. The average Bonchev–Trinajstić information content (AvgIpc) is 2.63. The van der Waals surface area contributed by atoms with Crippen molar-refractivity contribution in [2.24, 2.45) is 0 Å². The molecule has 0 spiro atoms. The van der Waals surface area contributed by atoms with Crippen LogP contribution < -0.4 is 4.74 Å². The minimum Gasteiger partial charge on any atom is -0.428 e. The van der Waals surface area contributed by atoms with E-state index in [1.165, 1.54) is 0 Å². The Kier molecular flexibility index (Phi) is 3.56. The zero-order valence-electron chi connectivity index (χ0n) is 8.28. The Balaban J connectivity index is 2.25. The van der Waals surface area contributed by atoms with Crippen molar-refractivity contribution in [3.8, 4) is 10.9 Å². The normalized spacial score (nSPS) is 10.6. The van der Waals surface area contributed by atoms with Crippen LogP contribution in [0.4, 0.5) is 8.78 Å². The average molecular weight is 278 g/mol. The second-order valence-electron chi connectivity index (χ2n) is 3.03. The van der Waals surface area contributed by atoms with Gasteiger partial charge < -0.3 is 9.84 Å². The molecule has 7 heteroatoms. The largest absolute Gasteiger partial charge is 0.428 e. The number of hydrogen-bond donors (Lipinski definition) is 1. The predicted molar refractivity (Wildman–Crippen MR) is 59.5 cm³/mol. The molecular formula is C10H6ClF2NO2S. The molecular weight excluding hydrogens is 272 g/mol. The molecule has 0 unspecified atom stereocenters. The van der Waals surface area contributed by atoms with Crippen LogP contribution in [-0.2, 0) is 6.61 Å². The molecule has 0 aliphatic carbocycles. The van der Waals surface area contributed by atoms with Crippen molar-refractivity contribution < 1.29 is 18.6 Å². The van der Waals surface area contributed by atoms with Crippen molar-refractivity contribution in [1.29, 1.82) is 0 Å². The van der Waals surface area contributed by atoms with Crippen molar-refractivity contribution in [2.45, 2.75) is 6.61 Å². The molecule has 17 heavy (non-hydrogen) atoms. The lowest BCUT2D eigenvalue weighted by Crippen LogP contribution is -1.88. The molecule has 2 rings (SSSR count). The van der Waals surface area contributed by atoms with Crippen LogP contribution in [0.3, 0.4) is 0 Å². The van der Waals surface area contributed by atoms with Crippen LogP contribution in [0.25, 0.3) is 0 Å². The third kappa shape index (κ3) is 2.71. The molecule has 0 atom stereocenters. The zero-order valence-corrected chi connectivity index (χ0v) is 9.86. The fourth-order valence-corrected chi connectivity index (χ4v) is 2.08. The lowest BCUT2D eigenvalue weighted by molar-refractivity contribution is 0.285. The smallest absolute Gasteiger partial charge is 0.280 e. The maximum Gasteiger partial charge on any atom is 0.280 e. The Labute approximate surface area is 104 Å². The molecule has 1 aromatic heterocycles. The van der Waals surface area contributed by atoms with Gasteiger partial charge in [0.05, 0.1) is 11.5 Å². The number of thiazole rings is 1. The van der Waals surface area contributed by atoms with Gasteiger partial charge in [-0.15, -0.1) is 0 Å². The molecule has 0 saturated heterocycles. The molecule has 0 amide bonds. The molecule has 0 radical (unpaired) electrons. The zero-order chi connectivity index (χ0) is 12.4. The van der Waals surface area contributed by atoms with E-state index in [2.05, 4.69) is 4.98 Å². The summed E-state index contributed by atoms with van der Waals surface area (Å²) >= 11 is 6.67. The van der Waals surface area contributed by atoms with Crippen LogP contribution in [0.5, 0.6) is 10.9 Å². The molecule has 3 nitrogen and oxygen atoms in total. The Morgan fingerprint density at radius 1 is 1.41 bits per heavy atom. The predicted octanol–water partition coefficient (Wildman–Crippen LogP) is 3.36. The van der Waals surface area contributed by atoms with Crippen LogP contribution in [0.15, 0.2) is 18.2 Å². The molecule has 0 saturated carbocycles. The maximum absolute atomic E-state index is 13.3. The summed E-state index contributed by atoms with van der Waals surface area (Å²) in [6.07, 6.45) is 0. The number of aromatic nitrogens is 1. The van der Waals surface area contributed by atoms with Gasteiger partial charge in [0.25, 0.3) is 5.19 Å². The van der Waals surface area contributed by atoms with E-state index in [0.717, 1.165) is 23.5 Å². The monoisotopic (exact) mass is 277 g/mol. The van der Waals surface area contributed by atoms with Crippen LogP contribution in [0.2, 0.25) is 5.15 Å². The molecule has 90 valence electrons. The fraction of sp³-hybridized carbons (Fsp3) is 0.100. The summed E-state index contributed by atoms with van der Waals surface area (Å²) in [7, 11) is 0. The van der Waals surface area contributed by atoms with Gasteiger partial charge in [-0.25, -0.2) is 8.78 Å². The maximum atomic E-state index is 13.3. The van der Waals surface area contributed by atoms with E-state index in [4.69, 9.17) is 21.4 Å². The van der Waals surface area contributed by atoms with E-state index < -0.39 is 11.6 Å². The van der Waals surface area contributed by atoms with Gasteiger partial charge in [0.2, 0.25) is 0 Å². The molecule has 1 N–H and O–H groups in total. The standard InChI is InChI=1S/C10H6ClF2NO2S/c11-9-8(4-15)17-10(14-9)16-7-2-1-5(12)3-6(7)13/h1-3,15H,4H2. The summed E-state index contributed by atoms with van der Waals surface area (Å²) in [4.78, 5) is 4.20. The first-order chi connectivity index (χ1) is 8.10.